The number of nitrogens with zero attached hydrogens (tertiary/aromatic N) is 3. The predicted molar refractivity (Wildman–Crippen MR) is 84.0 cm³/mol. The van der Waals surface area contributed by atoms with E-state index in [9.17, 15) is 0 Å². The summed E-state index contributed by atoms with van der Waals surface area (Å²) in [4.78, 5) is 12.1. The Bertz CT molecular complexity index is 699. The average Bonchev–Trinajstić information content (AvgIpc) is 3.12. The van der Waals surface area contributed by atoms with Gasteiger partial charge in [-0.3, -0.25) is 0 Å². The third-order valence-electron chi connectivity index (χ3n) is 3.80. The van der Waals surface area contributed by atoms with Crippen molar-refractivity contribution >= 4 is 11.0 Å². The van der Waals surface area contributed by atoms with E-state index >= 15 is 0 Å². The molecule has 0 aliphatic carbocycles. The van der Waals surface area contributed by atoms with Gasteiger partial charge in [-0.2, -0.15) is 0 Å². The molecule has 0 aliphatic heterocycles. The Hall–Kier alpha value is -2.14. The Balaban J connectivity index is 1.59. The number of hydrogen-bond acceptors (Lipinski definition) is 3. The Labute approximate surface area is 124 Å². The van der Waals surface area contributed by atoms with Crippen LogP contribution in [0.5, 0.6) is 0 Å². The fraction of sp³-hybridized carbons (Fsp3) is 0.375. The van der Waals surface area contributed by atoms with E-state index in [1.54, 1.807) is 6.20 Å². The number of nitrogens with one attached hydrogen (secondary N) is 2. The quantitative estimate of drug-likeness (QED) is 0.684. The SMILES string of the molecule is CC(NCCCc1ncc[nH]1)c1nc2ccccc2n1C. The van der Waals surface area contributed by atoms with Crippen LogP contribution < -0.4 is 5.32 Å². The smallest absolute Gasteiger partial charge is 0.126 e. The van der Waals surface area contributed by atoms with Gasteiger partial charge in [0.1, 0.15) is 11.6 Å². The van der Waals surface area contributed by atoms with Crippen LogP contribution in [0, 0.1) is 0 Å². The number of fused-ring (bicyclic) bond motifs is 1. The van der Waals surface area contributed by atoms with Gasteiger partial charge in [0.25, 0.3) is 0 Å². The van der Waals surface area contributed by atoms with Crippen molar-refractivity contribution in [2.75, 3.05) is 6.54 Å². The molecular weight excluding hydrogens is 262 g/mol. The first-order valence-electron chi connectivity index (χ1n) is 7.38. The van der Waals surface area contributed by atoms with Crippen molar-refractivity contribution in [1.82, 2.24) is 24.8 Å². The molecule has 0 bridgehead atoms. The Morgan fingerprint density at radius 2 is 2.19 bits per heavy atom. The summed E-state index contributed by atoms with van der Waals surface area (Å²) in [7, 11) is 2.08. The van der Waals surface area contributed by atoms with Crippen molar-refractivity contribution in [2.24, 2.45) is 7.05 Å². The molecule has 1 atom stereocenters. The van der Waals surface area contributed by atoms with Crippen LogP contribution in [0.15, 0.2) is 36.7 Å². The normalized spacial score (nSPS) is 12.9. The van der Waals surface area contributed by atoms with Crippen molar-refractivity contribution < 1.29 is 0 Å². The second-order valence-electron chi connectivity index (χ2n) is 5.33. The summed E-state index contributed by atoms with van der Waals surface area (Å²) in [6, 6.07) is 8.48. The van der Waals surface area contributed by atoms with Crippen LogP contribution >= 0.6 is 0 Å². The van der Waals surface area contributed by atoms with Crippen LogP contribution in [0.1, 0.15) is 31.0 Å². The van der Waals surface area contributed by atoms with E-state index in [-0.39, 0.29) is 6.04 Å². The summed E-state index contributed by atoms with van der Waals surface area (Å²) in [5.74, 6) is 2.13. The highest BCUT2D eigenvalue weighted by atomic mass is 15.1. The molecule has 5 heteroatoms. The van der Waals surface area contributed by atoms with E-state index in [0.717, 1.165) is 36.6 Å². The van der Waals surface area contributed by atoms with Gasteiger partial charge >= 0.3 is 0 Å². The topological polar surface area (TPSA) is 58.5 Å². The molecule has 0 radical (unpaired) electrons. The van der Waals surface area contributed by atoms with Crippen molar-refractivity contribution in [3.05, 3.63) is 48.3 Å². The van der Waals surface area contributed by atoms with Gasteiger partial charge in [-0.15, -0.1) is 0 Å². The van der Waals surface area contributed by atoms with E-state index < -0.39 is 0 Å². The summed E-state index contributed by atoms with van der Waals surface area (Å²) < 4.78 is 2.17. The molecule has 110 valence electrons. The van der Waals surface area contributed by atoms with Gasteiger partial charge < -0.3 is 14.9 Å². The number of aromatic amines is 1. The number of H-pyrrole nitrogens is 1. The van der Waals surface area contributed by atoms with E-state index in [4.69, 9.17) is 4.98 Å². The minimum atomic E-state index is 0.235. The van der Waals surface area contributed by atoms with Gasteiger partial charge in [-0.1, -0.05) is 12.1 Å². The lowest BCUT2D eigenvalue weighted by molar-refractivity contribution is 0.521. The average molecular weight is 283 g/mol. The van der Waals surface area contributed by atoms with Crippen molar-refractivity contribution in [2.45, 2.75) is 25.8 Å². The van der Waals surface area contributed by atoms with Gasteiger partial charge in [0.2, 0.25) is 0 Å². The first-order valence-corrected chi connectivity index (χ1v) is 7.38. The van der Waals surface area contributed by atoms with Crippen molar-refractivity contribution in [3.63, 3.8) is 0 Å². The lowest BCUT2D eigenvalue weighted by Gasteiger charge is -2.13. The van der Waals surface area contributed by atoms with E-state index in [0.29, 0.717) is 0 Å². The number of hydrogen-bond donors (Lipinski definition) is 2. The minimum absolute atomic E-state index is 0.235. The third-order valence-corrected chi connectivity index (χ3v) is 3.80. The van der Waals surface area contributed by atoms with E-state index in [1.807, 2.05) is 12.3 Å². The molecule has 3 aromatic rings. The maximum Gasteiger partial charge on any atom is 0.126 e. The number of aromatic nitrogens is 4. The largest absolute Gasteiger partial charge is 0.349 e. The van der Waals surface area contributed by atoms with E-state index in [1.165, 1.54) is 5.52 Å². The predicted octanol–water partition coefficient (Wildman–Crippen LogP) is 2.58. The first kappa shape index (κ1) is 13.8. The van der Waals surface area contributed by atoms with Crippen LogP contribution in [0.4, 0.5) is 0 Å². The second-order valence-corrected chi connectivity index (χ2v) is 5.33. The number of para-hydroxylation sites is 2. The van der Waals surface area contributed by atoms with Crippen LogP contribution in [0.25, 0.3) is 11.0 Å². The van der Waals surface area contributed by atoms with Crippen LogP contribution in [0.2, 0.25) is 0 Å². The fourth-order valence-electron chi connectivity index (χ4n) is 2.65. The second kappa shape index (κ2) is 6.10. The maximum atomic E-state index is 4.72. The van der Waals surface area contributed by atoms with Gasteiger partial charge in [0.15, 0.2) is 0 Å². The Kier molecular flexibility index (Phi) is 4.01. The van der Waals surface area contributed by atoms with Crippen molar-refractivity contribution in [3.8, 4) is 0 Å². The molecule has 2 heterocycles. The number of imidazole rings is 2. The Morgan fingerprint density at radius 3 is 2.95 bits per heavy atom. The lowest BCUT2D eigenvalue weighted by atomic mass is 10.2. The summed E-state index contributed by atoms with van der Waals surface area (Å²) in [5, 5.41) is 3.54. The summed E-state index contributed by atoms with van der Waals surface area (Å²) in [5.41, 5.74) is 2.23. The molecule has 0 aliphatic rings. The number of rotatable bonds is 6. The highest BCUT2D eigenvalue weighted by molar-refractivity contribution is 5.75. The molecule has 2 N–H and O–H groups in total. The zero-order valence-corrected chi connectivity index (χ0v) is 12.5. The zero-order chi connectivity index (χ0) is 14.7. The highest BCUT2D eigenvalue weighted by Crippen LogP contribution is 2.18. The minimum Gasteiger partial charge on any atom is -0.349 e. The third kappa shape index (κ3) is 2.97. The fourth-order valence-corrected chi connectivity index (χ4v) is 2.65. The number of aryl methyl sites for hydroxylation is 2. The molecule has 5 nitrogen and oxygen atoms in total. The molecule has 2 aromatic heterocycles. The maximum absolute atomic E-state index is 4.72. The van der Waals surface area contributed by atoms with Crippen LogP contribution in [0.3, 0.4) is 0 Å². The molecule has 0 saturated heterocycles. The standard InChI is InChI=1S/C16H21N5/c1-12(17-9-5-8-15-18-10-11-19-15)16-20-13-6-3-4-7-14(13)21(16)2/h3-4,6-7,10-12,17H,5,8-9H2,1-2H3,(H,18,19). The molecule has 0 spiro atoms. The molecule has 0 saturated carbocycles. The van der Waals surface area contributed by atoms with Crippen LogP contribution in [-0.2, 0) is 13.5 Å². The van der Waals surface area contributed by atoms with Gasteiger partial charge in [-0.05, 0) is 32.0 Å². The number of benzene rings is 1. The van der Waals surface area contributed by atoms with Crippen molar-refractivity contribution in [1.29, 1.82) is 0 Å². The molecule has 3 rings (SSSR count). The van der Waals surface area contributed by atoms with Gasteiger partial charge in [-0.25, -0.2) is 9.97 Å². The molecule has 1 aromatic carbocycles. The highest BCUT2D eigenvalue weighted by Gasteiger charge is 2.13. The lowest BCUT2D eigenvalue weighted by Crippen LogP contribution is -2.23. The molecule has 0 fully saturated rings. The summed E-state index contributed by atoms with van der Waals surface area (Å²) in [6.07, 6.45) is 5.69. The molecule has 1 unspecified atom stereocenters. The summed E-state index contributed by atoms with van der Waals surface area (Å²) >= 11 is 0. The first-order chi connectivity index (χ1) is 10.3. The van der Waals surface area contributed by atoms with Gasteiger partial charge in [0, 0.05) is 25.9 Å². The van der Waals surface area contributed by atoms with Crippen LogP contribution in [-0.4, -0.2) is 26.1 Å². The van der Waals surface area contributed by atoms with E-state index in [2.05, 4.69) is 52.0 Å². The van der Waals surface area contributed by atoms with Gasteiger partial charge in [0.05, 0.1) is 17.1 Å². The molecular formula is C16H21N5. The Morgan fingerprint density at radius 1 is 1.33 bits per heavy atom. The summed E-state index contributed by atoms with van der Waals surface area (Å²) in [6.45, 7) is 3.11. The molecule has 21 heavy (non-hydrogen) atoms. The monoisotopic (exact) mass is 283 g/mol. The zero-order valence-electron chi connectivity index (χ0n) is 12.5. The molecule has 0 amide bonds.